The number of nitrogens with one attached hydrogen (secondary N) is 2. The molecular weight excluding hydrogens is 472 g/mol. The second-order valence-corrected chi connectivity index (χ2v) is 11.5. The van der Waals surface area contributed by atoms with Gasteiger partial charge in [-0.25, -0.2) is 12.6 Å². The van der Waals surface area contributed by atoms with Gasteiger partial charge in [0.2, 0.25) is 10.0 Å². The maximum Gasteiger partial charge on any atom is 0.298 e. The average molecular weight is 499 g/mol. The quantitative estimate of drug-likeness (QED) is 0.262. The zero-order valence-corrected chi connectivity index (χ0v) is 20.5. The number of aromatic amines is 1. The Morgan fingerprint density at radius 3 is 2.06 bits per heavy atom. The summed E-state index contributed by atoms with van der Waals surface area (Å²) in [5.41, 5.74) is 3.69. The largest absolute Gasteiger partial charge is 0.361 e. The number of hydrogen-bond donors (Lipinski definition) is 2. The zero-order valence-electron chi connectivity index (χ0n) is 18.9. The molecule has 0 bridgehead atoms. The highest BCUT2D eigenvalue weighted by atomic mass is 32.2. The highest BCUT2D eigenvalue weighted by Crippen LogP contribution is 2.22. The minimum Gasteiger partial charge on any atom is -0.361 e. The highest BCUT2D eigenvalue weighted by Gasteiger charge is 2.27. The predicted octanol–water partition coefficient (Wildman–Crippen LogP) is 4.43. The molecule has 178 valence electrons. The van der Waals surface area contributed by atoms with Crippen molar-refractivity contribution < 1.29 is 21.0 Å². The van der Waals surface area contributed by atoms with E-state index in [1.807, 2.05) is 44.3 Å². The zero-order chi connectivity index (χ0) is 24.3. The fourth-order valence-electron chi connectivity index (χ4n) is 3.62. The van der Waals surface area contributed by atoms with Crippen LogP contribution in [0.3, 0.4) is 0 Å². The van der Waals surface area contributed by atoms with Crippen LogP contribution in [0.2, 0.25) is 0 Å². The molecule has 0 aliphatic rings. The standard InChI is InChI=1S/C25H26N2O5S2/c1-18-7-12-21(13-8-18)33(28,29)27-25(32-34(30,31)22-14-9-19(2)10-15-22)16-11-20-17-26-24-6-4-3-5-23(20)24/h3-10,12-15,17,25-27H,11,16H2,1-2H3/t25-/m0/s1. The lowest BCUT2D eigenvalue weighted by molar-refractivity contribution is 0.188. The van der Waals surface area contributed by atoms with Gasteiger partial charge in [-0.05, 0) is 62.6 Å². The molecule has 3 aromatic carbocycles. The van der Waals surface area contributed by atoms with Crippen molar-refractivity contribution in [1.29, 1.82) is 0 Å². The van der Waals surface area contributed by atoms with E-state index in [2.05, 4.69) is 9.71 Å². The Morgan fingerprint density at radius 1 is 0.824 bits per heavy atom. The van der Waals surface area contributed by atoms with Crippen LogP contribution in [-0.2, 0) is 30.7 Å². The van der Waals surface area contributed by atoms with E-state index in [0.29, 0.717) is 6.42 Å². The summed E-state index contributed by atoms with van der Waals surface area (Å²) in [7, 11) is -8.22. The smallest absolute Gasteiger partial charge is 0.298 e. The normalized spacial score (nSPS) is 13.2. The van der Waals surface area contributed by atoms with Crippen molar-refractivity contribution in [3.63, 3.8) is 0 Å². The molecule has 0 fully saturated rings. The number of aromatic nitrogens is 1. The third-order valence-electron chi connectivity index (χ3n) is 5.52. The van der Waals surface area contributed by atoms with Crippen LogP contribution in [0, 0.1) is 13.8 Å². The molecule has 9 heteroatoms. The van der Waals surface area contributed by atoms with Crippen molar-refractivity contribution in [2.24, 2.45) is 0 Å². The lowest BCUT2D eigenvalue weighted by Gasteiger charge is -2.19. The summed E-state index contributed by atoms with van der Waals surface area (Å²) >= 11 is 0. The minimum atomic E-state index is -4.21. The molecule has 1 heterocycles. The lowest BCUT2D eigenvalue weighted by Crippen LogP contribution is -2.38. The van der Waals surface area contributed by atoms with Crippen LogP contribution >= 0.6 is 0 Å². The number of fused-ring (bicyclic) bond motifs is 1. The Hall–Kier alpha value is -2.98. The van der Waals surface area contributed by atoms with Gasteiger partial charge in [0, 0.05) is 17.1 Å². The molecule has 7 nitrogen and oxygen atoms in total. The van der Waals surface area contributed by atoms with Crippen molar-refractivity contribution in [2.45, 2.75) is 42.7 Å². The van der Waals surface area contributed by atoms with E-state index in [4.69, 9.17) is 4.18 Å². The molecule has 0 aliphatic heterocycles. The van der Waals surface area contributed by atoms with E-state index in [1.165, 1.54) is 24.3 Å². The van der Waals surface area contributed by atoms with Gasteiger partial charge in [-0.1, -0.05) is 53.6 Å². The van der Waals surface area contributed by atoms with Gasteiger partial charge in [0.1, 0.15) is 6.23 Å². The molecule has 0 saturated carbocycles. The van der Waals surface area contributed by atoms with E-state index in [9.17, 15) is 16.8 Å². The first-order chi connectivity index (χ1) is 16.1. The molecule has 0 amide bonds. The second-order valence-electron chi connectivity index (χ2n) is 8.18. The molecule has 1 aromatic heterocycles. The second kappa shape index (κ2) is 9.71. The number of H-pyrrole nitrogens is 1. The van der Waals surface area contributed by atoms with Crippen molar-refractivity contribution in [3.05, 3.63) is 95.7 Å². The third-order valence-corrected chi connectivity index (χ3v) is 8.32. The van der Waals surface area contributed by atoms with Crippen LogP contribution in [0.25, 0.3) is 10.9 Å². The summed E-state index contributed by atoms with van der Waals surface area (Å²) in [6.07, 6.45) is 1.04. The van der Waals surface area contributed by atoms with Crippen LogP contribution in [0.5, 0.6) is 0 Å². The number of sulfonamides is 1. The fraction of sp³-hybridized carbons (Fsp3) is 0.200. The Labute approximate surface area is 200 Å². The Kier molecular flexibility index (Phi) is 6.90. The maximum absolute atomic E-state index is 13.0. The monoisotopic (exact) mass is 498 g/mol. The van der Waals surface area contributed by atoms with Gasteiger partial charge in [0.25, 0.3) is 10.1 Å². The van der Waals surface area contributed by atoms with Gasteiger partial charge in [-0.15, -0.1) is 0 Å². The minimum absolute atomic E-state index is 0.0338. The van der Waals surface area contributed by atoms with E-state index in [-0.39, 0.29) is 16.2 Å². The lowest BCUT2D eigenvalue weighted by atomic mass is 10.1. The number of benzene rings is 3. The van der Waals surface area contributed by atoms with Crippen LogP contribution in [0.4, 0.5) is 0 Å². The van der Waals surface area contributed by atoms with Crippen LogP contribution in [-0.4, -0.2) is 28.0 Å². The van der Waals surface area contributed by atoms with E-state index in [0.717, 1.165) is 27.6 Å². The Bertz CT molecular complexity index is 1410. The van der Waals surface area contributed by atoms with Crippen molar-refractivity contribution in [1.82, 2.24) is 9.71 Å². The number of aryl methyl sites for hydroxylation is 3. The molecular formula is C25H26N2O5S2. The van der Waals surface area contributed by atoms with E-state index in [1.54, 1.807) is 24.3 Å². The molecule has 0 saturated heterocycles. The van der Waals surface area contributed by atoms with Gasteiger partial charge in [0.05, 0.1) is 9.79 Å². The third kappa shape index (κ3) is 5.56. The summed E-state index contributed by atoms with van der Waals surface area (Å²) in [5.74, 6) is 0. The molecule has 1 atom stereocenters. The van der Waals surface area contributed by atoms with Crippen molar-refractivity contribution in [3.8, 4) is 0 Å². The summed E-state index contributed by atoms with van der Waals surface area (Å²) in [6, 6.07) is 20.2. The molecule has 34 heavy (non-hydrogen) atoms. The molecule has 2 N–H and O–H groups in total. The van der Waals surface area contributed by atoms with Gasteiger partial charge in [-0.2, -0.15) is 13.1 Å². The molecule has 4 aromatic rings. The number of rotatable bonds is 9. The molecule has 0 aliphatic carbocycles. The van der Waals surface area contributed by atoms with Crippen LogP contribution in [0.1, 0.15) is 23.1 Å². The van der Waals surface area contributed by atoms with Crippen molar-refractivity contribution >= 4 is 31.0 Å². The maximum atomic E-state index is 13.0. The average Bonchev–Trinajstić information content (AvgIpc) is 3.21. The first-order valence-corrected chi connectivity index (χ1v) is 13.7. The first-order valence-electron chi connectivity index (χ1n) is 10.8. The fourth-order valence-corrected chi connectivity index (χ4v) is 5.86. The predicted molar refractivity (Wildman–Crippen MR) is 131 cm³/mol. The van der Waals surface area contributed by atoms with Crippen LogP contribution in [0.15, 0.2) is 88.8 Å². The number of hydrogen-bond acceptors (Lipinski definition) is 5. The summed E-state index contributed by atoms with van der Waals surface area (Å²) in [5, 5.41) is 0.990. The molecule has 0 spiro atoms. The Balaban J connectivity index is 1.60. The van der Waals surface area contributed by atoms with Gasteiger partial charge >= 0.3 is 0 Å². The molecule has 4 rings (SSSR count). The van der Waals surface area contributed by atoms with Crippen LogP contribution < -0.4 is 4.72 Å². The number of para-hydroxylation sites is 1. The SMILES string of the molecule is Cc1ccc(S(=O)(=O)N[C@H](CCc2c[nH]c3ccccc23)OS(=O)(=O)c2ccc(C)cc2)cc1. The van der Waals surface area contributed by atoms with E-state index >= 15 is 0 Å². The van der Waals surface area contributed by atoms with Gasteiger partial charge in [-0.3, -0.25) is 0 Å². The topological polar surface area (TPSA) is 105 Å². The molecule has 0 unspecified atom stereocenters. The van der Waals surface area contributed by atoms with Gasteiger partial charge in [0.15, 0.2) is 0 Å². The van der Waals surface area contributed by atoms with E-state index < -0.39 is 26.4 Å². The van der Waals surface area contributed by atoms with Crippen molar-refractivity contribution in [2.75, 3.05) is 0 Å². The highest BCUT2D eigenvalue weighted by molar-refractivity contribution is 7.89. The summed E-state index contributed by atoms with van der Waals surface area (Å²) in [6.45, 7) is 3.70. The summed E-state index contributed by atoms with van der Waals surface area (Å²) in [4.78, 5) is 3.17. The summed E-state index contributed by atoms with van der Waals surface area (Å²) < 4.78 is 59.7. The first kappa shape index (κ1) is 24.2. The van der Waals surface area contributed by atoms with Gasteiger partial charge < -0.3 is 4.98 Å². The molecule has 0 radical (unpaired) electrons. The Morgan fingerprint density at radius 2 is 1.41 bits per heavy atom.